The highest BCUT2D eigenvalue weighted by molar-refractivity contribution is 6.20. The number of hydrogen-bond donors (Lipinski definition) is 9. The van der Waals surface area contributed by atoms with E-state index >= 15 is 0 Å². The molecule has 2 saturated heterocycles. The smallest absolute Gasteiger partial charge is 0.243 e. The molecule has 6 rings (SSSR count). The SMILES string of the molecule is CC(C)C[C@@H]1NC(=O)[C@H](CCCN=C(N)N)NC(=O)[C@@H](CCCCN=C(N)c2ccc(N3C(=O)CCC3=O)cc2)NC(=O)[C@H](Cc2ccc(O)cc2)NC(=O)[C@@H](Cc2ccc3ccccc3c2)NC1=O. The molecule has 2 heterocycles. The lowest BCUT2D eigenvalue weighted by Gasteiger charge is -2.27. The lowest BCUT2D eigenvalue weighted by molar-refractivity contribution is -0.134. The van der Waals surface area contributed by atoms with E-state index in [1.165, 1.54) is 12.1 Å². The lowest BCUT2D eigenvalue weighted by atomic mass is 9.98. The molecule has 19 nitrogen and oxygen atoms in total. The highest BCUT2D eigenvalue weighted by Crippen LogP contribution is 2.23. The van der Waals surface area contributed by atoms with Gasteiger partial charge in [-0.2, -0.15) is 0 Å². The van der Waals surface area contributed by atoms with Gasteiger partial charge < -0.3 is 48.9 Å². The Hall–Kier alpha value is -7.83. The number of imide groups is 1. The van der Waals surface area contributed by atoms with Gasteiger partial charge in [0.05, 0.1) is 5.69 Å². The number of nitrogens with zero attached hydrogens (tertiary/aromatic N) is 3. The minimum Gasteiger partial charge on any atom is -0.508 e. The van der Waals surface area contributed by atoms with Crippen molar-refractivity contribution in [2.75, 3.05) is 18.0 Å². The summed E-state index contributed by atoms with van der Waals surface area (Å²) in [5.41, 5.74) is 19.8. The summed E-state index contributed by atoms with van der Waals surface area (Å²) >= 11 is 0. The van der Waals surface area contributed by atoms with Crippen LogP contribution < -0.4 is 48.7 Å². The highest BCUT2D eigenvalue weighted by atomic mass is 16.3. The summed E-state index contributed by atoms with van der Waals surface area (Å²) in [6.45, 7) is 4.16. The Labute approximate surface area is 406 Å². The van der Waals surface area contributed by atoms with Gasteiger partial charge in [0.1, 0.15) is 41.8 Å². The van der Waals surface area contributed by atoms with Crippen molar-refractivity contribution in [3.05, 3.63) is 108 Å². The van der Waals surface area contributed by atoms with Gasteiger partial charge in [-0.15, -0.1) is 0 Å². The van der Waals surface area contributed by atoms with Gasteiger partial charge in [0.15, 0.2) is 5.96 Å². The molecule has 0 saturated carbocycles. The Balaban J connectivity index is 1.28. The fourth-order valence-corrected chi connectivity index (χ4v) is 8.39. The van der Waals surface area contributed by atoms with Crippen molar-refractivity contribution in [2.24, 2.45) is 33.1 Å². The minimum atomic E-state index is -1.27. The number of hydrogen-bond acceptors (Lipinski definition) is 10. The Morgan fingerprint density at radius 1 is 0.586 bits per heavy atom. The van der Waals surface area contributed by atoms with E-state index in [1.807, 2.05) is 56.3 Å². The van der Waals surface area contributed by atoms with E-state index < -0.39 is 59.7 Å². The molecule has 0 spiro atoms. The van der Waals surface area contributed by atoms with E-state index in [4.69, 9.17) is 17.2 Å². The second-order valence-electron chi connectivity index (χ2n) is 18.1. The normalized spacial score (nSPS) is 20.8. The Morgan fingerprint density at radius 3 is 1.69 bits per heavy atom. The molecule has 19 heteroatoms. The number of amides is 7. The van der Waals surface area contributed by atoms with Crippen LogP contribution in [0, 0.1) is 5.92 Å². The second kappa shape index (κ2) is 24.5. The number of aliphatic imine (C=N–C) groups is 2. The zero-order valence-corrected chi connectivity index (χ0v) is 39.5. The quantitative estimate of drug-likeness (QED) is 0.0320. The first kappa shape index (κ1) is 51.6. The van der Waals surface area contributed by atoms with Gasteiger partial charge in [0, 0.05) is 44.3 Å². The van der Waals surface area contributed by atoms with Gasteiger partial charge in [0.25, 0.3) is 0 Å². The predicted octanol–water partition coefficient (Wildman–Crippen LogP) is 2.10. The Bertz CT molecular complexity index is 2580. The molecule has 2 aliphatic rings. The summed E-state index contributed by atoms with van der Waals surface area (Å²) in [7, 11) is 0. The number of guanidine groups is 1. The first-order valence-electron chi connectivity index (χ1n) is 23.6. The molecule has 70 heavy (non-hydrogen) atoms. The number of carbonyl (C=O) groups excluding carboxylic acids is 7. The maximum Gasteiger partial charge on any atom is 0.243 e. The summed E-state index contributed by atoms with van der Waals surface area (Å²) in [5, 5.41) is 26.2. The molecule has 0 unspecified atom stereocenters. The average molecular weight is 958 g/mol. The van der Waals surface area contributed by atoms with Crippen molar-refractivity contribution in [3.8, 4) is 5.75 Å². The van der Waals surface area contributed by atoms with Crippen LogP contribution in [-0.4, -0.2) is 102 Å². The molecule has 4 aromatic rings. The number of amidine groups is 1. The van der Waals surface area contributed by atoms with Crippen molar-refractivity contribution < 1.29 is 38.7 Å². The van der Waals surface area contributed by atoms with Crippen molar-refractivity contribution in [1.82, 2.24) is 26.6 Å². The molecule has 5 atom stereocenters. The lowest BCUT2D eigenvalue weighted by Crippen LogP contribution is -2.58. The molecule has 2 aliphatic heterocycles. The van der Waals surface area contributed by atoms with Crippen LogP contribution >= 0.6 is 0 Å². The van der Waals surface area contributed by atoms with Crippen LogP contribution in [-0.2, 0) is 46.4 Å². The van der Waals surface area contributed by atoms with Crippen LogP contribution in [0.3, 0.4) is 0 Å². The molecule has 7 amide bonds. The number of anilines is 1. The third-order valence-corrected chi connectivity index (χ3v) is 12.1. The van der Waals surface area contributed by atoms with Crippen molar-refractivity contribution in [1.29, 1.82) is 0 Å². The summed E-state index contributed by atoms with van der Waals surface area (Å²) < 4.78 is 0. The van der Waals surface area contributed by atoms with E-state index in [-0.39, 0.29) is 99.7 Å². The summed E-state index contributed by atoms with van der Waals surface area (Å²) in [4.78, 5) is 106. The maximum atomic E-state index is 14.6. The van der Waals surface area contributed by atoms with Crippen LogP contribution in [0.25, 0.3) is 10.8 Å². The van der Waals surface area contributed by atoms with Gasteiger partial charge in [-0.1, -0.05) is 68.4 Å². The highest BCUT2D eigenvalue weighted by Gasteiger charge is 2.35. The number of nitrogens with one attached hydrogen (secondary N) is 5. The number of carbonyl (C=O) groups is 7. The maximum absolute atomic E-state index is 14.6. The van der Waals surface area contributed by atoms with E-state index in [0.717, 1.165) is 21.2 Å². The number of phenols is 1. The molecule has 0 bridgehead atoms. The first-order chi connectivity index (χ1) is 33.5. The van der Waals surface area contributed by atoms with Crippen molar-refractivity contribution in [2.45, 2.75) is 108 Å². The van der Waals surface area contributed by atoms with E-state index in [2.05, 4.69) is 36.6 Å². The van der Waals surface area contributed by atoms with Gasteiger partial charge in [-0.05, 0) is 103 Å². The number of rotatable bonds is 17. The van der Waals surface area contributed by atoms with E-state index in [1.54, 1.807) is 36.4 Å². The third kappa shape index (κ3) is 14.6. The minimum absolute atomic E-state index is 0.00179. The Kier molecular flexibility index (Phi) is 18.0. The van der Waals surface area contributed by atoms with Gasteiger partial charge in [-0.25, -0.2) is 0 Å². The summed E-state index contributed by atoms with van der Waals surface area (Å²) in [6.07, 6.45) is 1.71. The average Bonchev–Trinajstić information content (AvgIpc) is 3.67. The van der Waals surface area contributed by atoms with Crippen LogP contribution in [0.15, 0.2) is 101 Å². The van der Waals surface area contributed by atoms with Gasteiger partial charge in [0.2, 0.25) is 41.4 Å². The first-order valence-corrected chi connectivity index (χ1v) is 23.6. The van der Waals surface area contributed by atoms with Crippen molar-refractivity contribution in [3.63, 3.8) is 0 Å². The second-order valence-corrected chi connectivity index (χ2v) is 18.1. The number of benzene rings is 4. The topological polar surface area (TPSA) is 306 Å². The summed E-state index contributed by atoms with van der Waals surface area (Å²) in [5.74, 6) is -3.90. The molecule has 0 radical (unpaired) electrons. The van der Waals surface area contributed by atoms with Crippen molar-refractivity contribution >= 4 is 69.6 Å². The fourth-order valence-electron chi connectivity index (χ4n) is 8.39. The third-order valence-electron chi connectivity index (χ3n) is 12.1. The van der Waals surface area contributed by atoms with Gasteiger partial charge >= 0.3 is 0 Å². The molecule has 12 N–H and O–H groups in total. The molecular formula is C51H63N11O8. The molecule has 2 fully saturated rings. The number of nitrogens with two attached hydrogens (primary N) is 3. The van der Waals surface area contributed by atoms with Crippen LogP contribution in [0.5, 0.6) is 5.75 Å². The van der Waals surface area contributed by atoms with Crippen LogP contribution in [0.2, 0.25) is 0 Å². The number of unbranched alkanes of at least 4 members (excludes halogenated alkanes) is 1. The van der Waals surface area contributed by atoms with E-state index in [0.29, 0.717) is 29.7 Å². The monoisotopic (exact) mass is 957 g/mol. The fraction of sp³-hybridized carbons (Fsp3) is 0.392. The predicted molar refractivity (Wildman–Crippen MR) is 266 cm³/mol. The molecular weight excluding hydrogens is 895 g/mol. The van der Waals surface area contributed by atoms with Crippen LogP contribution in [0.1, 0.15) is 81.9 Å². The largest absolute Gasteiger partial charge is 0.508 e. The standard InChI is InChI=1S/C51H63N11O8/c1-30(2)26-40-48(68)61-42(29-32-12-15-33-8-3-4-9-35(33)27-32)50(70)60-41(28-31-13-20-37(63)21-14-31)49(69)58-38(46(66)57-39(47(67)59-40)11-7-25-56-51(53)54)10-5-6-24-55-45(52)34-16-18-36(19-17-34)62-43(64)22-23-44(62)65/h3-4,8-9,12-21,27,30,38-42,63H,5-7,10-11,22-26,28-29H2,1-2H3,(H2,52,55)(H,57,66)(H,58,69)(H,59,67)(H,60,70)(H,61,68)(H4,53,54,56)/t38-,39+,40+,41+,42-/m1/s1. The van der Waals surface area contributed by atoms with Crippen LogP contribution in [0.4, 0.5) is 5.69 Å². The zero-order valence-electron chi connectivity index (χ0n) is 39.5. The van der Waals surface area contributed by atoms with E-state index in [9.17, 15) is 38.7 Å². The molecule has 0 aromatic heterocycles. The molecule has 0 aliphatic carbocycles. The Morgan fingerprint density at radius 2 is 1.09 bits per heavy atom. The number of fused-ring (bicyclic) bond motifs is 1. The number of phenolic OH excluding ortho intramolecular Hbond substituents is 1. The van der Waals surface area contributed by atoms with Gasteiger partial charge in [-0.3, -0.25) is 48.4 Å². The number of aromatic hydroxyl groups is 1. The molecule has 4 aromatic carbocycles. The summed E-state index contributed by atoms with van der Waals surface area (Å²) in [6, 6.07) is 20.2. The molecule has 370 valence electrons. The zero-order chi connectivity index (χ0) is 50.3.